The zero-order valence-electron chi connectivity index (χ0n) is 31.7. The molecule has 12 rings (SSSR count). The van der Waals surface area contributed by atoms with Crippen LogP contribution in [0, 0.1) is 0 Å². The van der Waals surface area contributed by atoms with Crippen molar-refractivity contribution in [1.82, 2.24) is 19.5 Å². The Bertz CT molecular complexity index is 3140. The van der Waals surface area contributed by atoms with Crippen LogP contribution in [0.25, 0.3) is 78.7 Å². The van der Waals surface area contributed by atoms with E-state index < -0.39 is 5.41 Å². The molecule has 1 atom stereocenters. The highest BCUT2D eigenvalue weighted by molar-refractivity contribution is 5.98. The Morgan fingerprint density at radius 2 is 1.09 bits per heavy atom. The average Bonchev–Trinajstić information content (AvgIpc) is 3.84. The summed E-state index contributed by atoms with van der Waals surface area (Å²) in [5, 5.41) is 0. The van der Waals surface area contributed by atoms with Gasteiger partial charge >= 0.3 is 0 Å². The number of allylic oxidation sites excluding steroid dienone is 4. The van der Waals surface area contributed by atoms with Gasteiger partial charge in [0.2, 0.25) is 0 Å². The Morgan fingerprint density at radius 1 is 0.466 bits per heavy atom. The number of benzene rings is 7. The number of nitrogens with zero attached hydrogens (tertiary/aromatic N) is 4. The van der Waals surface area contributed by atoms with E-state index in [2.05, 4.69) is 193 Å². The predicted octanol–water partition coefficient (Wildman–Crippen LogP) is 12.9. The summed E-state index contributed by atoms with van der Waals surface area (Å²) in [5.41, 5.74) is 19.1. The molecule has 1 unspecified atom stereocenters. The summed E-state index contributed by atoms with van der Waals surface area (Å²) < 4.78 is 2.40. The molecule has 3 aliphatic rings. The Kier molecular flexibility index (Phi) is 7.24. The maximum Gasteiger partial charge on any atom is 0.160 e. The van der Waals surface area contributed by atoms with Gasteiger partial charge < -0.3 is 0 Å². The largest absolute Gasteiger partial charge is 0.292 e. The molecule has 0 amide bonds. The number of para-hydroxylation sites is 2. The lowest BCUT2D eigenvalue weighted by Gasteiger charge is -2.40. The highest BCUT2D eigenvalue weighted by atomic mass is 15.1. The van der Waals surface area contributed by atoms with Crippen LogP contribution in [-0.4, -0.2) is 19.5 Å². The second-order valence-corrected chi connectivity index (χ2v) is 15.4. The van der Waals surface area contributed by atoms with Crippen LogP contribution in [0.1, 0.15) is 35.1 Å². The first-order valence-electron chi connectivity index (χ1n) is 20.1. The van der Waals surface area contributed by atoms with Crippen molar-refractivity contribution in [3.63, 3.8) is 0 Å². The highest BCUT2D eigenvalue weighted by Crippen LogP contribution is 2.61. The van der Waals surface area contributed by atoms with E-state index in [1.807, 2.05) is 6.07 Å². The molecule has 7 aromatic carbocycles. The number of imidazole rings is 1. The lowest BCUT2D eigenvalue weighted by Crippen LogP contribution is -2.34. The fourth-order valence-electron chi connectivity index (χ4n) is 9.80. The van der Waals surface area contributed by atoms with Crippen molar-refractivity contribution in [3.8, 4) is 62.1 Å². The fraction of sp³-hybridized carbons (Fsp3) is 0.0556. The molecule has 272 valence electrons. The van der Waals surface area contributed by atoms with Crippen LogP contribution in [0.2, 0.25) is 0 Å². The first-order valence-corrected chi connectivity index (χ1v) is 20.1. The van der Waals surface area contributed by atoms with Crippen molar-refractivity contribution in [3.05, 3.63) is 222 Å². The van der Waals surface area contributed by atoms with E-state index >= 15 is 0 Å². The van der Waals surface area contributed by atoms with Crippen LogP contribution >= 0.6 is 0 Å². The van der Waals surface area contributed by atoms with Crippen molar-refractivity contribution < 1.29 is 0 Å². The second kappa shape index (κ2) is 12.8. The van der Waals surface area contributed by atoms with Gasteiger partial charge in [0.05, 0.1) is 33.5 Å². The van der Waals surface area contributed by atoms with Gasteiger partial charge in [0, 0.05) is 22.3 Å². The first kappa shape index (κ1) is 32.8. The Labute approximate surface area is 337 Å². The van der Waals surface area contributed by atoms with Crippen molar-refractivity contribution in [2.45, 2.75) is 18.3 Å². The molecule has 58 heavy (non-hydrogen) atoms. The van der Waals surface area contributed by atoms with E-state index in [1.165, 1.54) is 55.7 Å². The third kappa shape index (κ3) is 4.78. The van der Waals surface area contributed by atoms with E-state index in [0.717, 1.165) is 57.8 Å². The third-order valence-corrected chi connectivity index (χ3v) is 12.3. The highest BCUT2D eigenvalue weighted by Gasteiger charge is 2.52. The fourth-order valence-corrected chi connectivity index (χ4v) is 9.80. The average molecular weight is 741 g/mol. The van der Waals surface area contributed by atoms with Crippen LogP contribution < -0.4 is 0 Å². The van der Waals surface area contributed by atoms with Crippen molar-refractivity contribution in [1.29, 1.82) is 0 Å². The van der Waals surface area contributed by atoms with Crippen molar-refractivity contribution >= 4 is 16.6 Å². The first-order chi connectivity index (χ1) is 28.8. The van der Waals surface area contributed by atoms with E-state index in [0.29, 0.717) is 5.82 Å². The molecule has 0 saturated carbocycles. The minimum Gasteiger partial charge on any atom is -0.292 e. The monoisotopic (exact) mass is 740 g/mol. The molecule has 9 aromatic rings. The van der Waals surface area contributed by atoms with Crippen LogP contribution in [0.5, 0.6) is 0 Å². The number of rotatable bonds is 5. The number of hydrogen-bond donors (Lipinski definition) is 0. The molecule has 0 radical (unpaired) electrons. The smallest absolute Gasteiger partial charge is 0.160 e. The summed E-state index contributed by atoms with van der Waals surface area (Å²) in [6.07, 6.45) is 6.80. The molecule has 3 heterocycles. The van der Waals surface area contributed by atoms with E-state index in [1.54, 1.807) is 0 Å². The Balaban J connectivity index is 1.09. The topological polar surface area (TPSA) is 43.6 Å². The quantitative estimate of drug-likeness (QED) is 0.176. The van der Waals surface area contributed by atoms with Gasteiger partial charge in [0.15, 0.2) is 5.82 Å². The van der Waals surface area contributed by atoms with Gasteiger partial charge in [-0.3, -0.25) is 4.57 Å². The summed E-state index contributed by atoms with van der Waals surface area (Å²) in [6, 6.07) is 65.1. The summed E-state index contributed by atoms with van der Waals surface area (Å²) >= 11 is 0. The van der Waals surface area contributed by atoms with E-state index in [4.69, 9.17) is 15.0 Å². The number of fused-ring (bicyclic) bond motifs is 8. The molecule has 1 spiro atoms. The van der Waals surface area contributed by atoms with Gasteiger partial charge in [0.25, 0.3) is 0 Å². The van der Waals surface area contributed by atoms with Gasteiger partial charge in [-0.2, -0.15) is 0 Å². The van der Waals surface area contributed by atoms with Crippen molar-refractivity contribution in [2.24, 2.45) is 0 Å². The predicted molar refractivity (Wildman–Crippen MR) is 235 cm³/mol. The molecule has 2 aromatic heterocycles. The van der Waals surface area contributed by atoms with E-state index in [9.17, 15) is 0 Å². The molecule has 4 nitrogen and oxygen atoms in total. The van der Waals surface area contributed by atoms with E-state index in [-0.39, 0.29) is 0 Å². The normalized spacial score (nSPS) is 16.1. The van der Waals surface area contributed by atoms with Gasteiger partial charge in [-0.05, 0) is 81.6 Å². The van der Waals surface area contributed by atoms with Crippen molar-refractivity contribution in [2.75, 3.05) is 0 Å². The maximum absolute atomic E-state index is 5.34. The molecule has 2 aliphatic carbocycles. The molecule has 0 bridgehead atoms. The van der Waals surface area contributed by atoms with Gasteiger partial charge in [-0.15, -0.1) is 0 Å². The van der Waals surface area contributed by atoms with Crippen LogP contribution in [0.3, 0.4) is 0 Å². The minimum atomic E-state index is -0.539. The molecule has 0 N–H and O–H groups in total. The molecule has 4 heteroatoms. The molecule has 1 aliphatic heterocycles. The Hall–Kier alpha value is -7.43. The summed E-state index contributed by atoms with van der Waals surface area (Å²) in [4.78, 5) is 15.8. The number of hydrogen-bond acceptors (Lipinski definition) is 3. The molecule has 0 saturated heterocycles. The lowest BCUT2D eigenvalue weighted by atomic mass is 9.64. The third-order valence-electron chi connectivity index (χ3n) is 12.3. The second-order valence-electron chi connectivity index (χ2n) is 15.4. The Morgan fingerprint density at radius 3 is 1.86 bits per heavy atom. The SMILES string of the molecule is C1=CC2=C(CC1)c1ccc(-c3cc(-c4ccc(-c5ccccc5)cc4)nc(-c4ccccc4)n3)cc1C21c2ccccc2-n2c(-c3ccccc3)nc3cccc1c32. The van der Waals surface area contributed by atoms with Gasteiger partial charge in [-0.25, -0.2) is 15.0 Å². The molecular weight excluding hydrogens is 705 g/mol. The zero-order chi connectivity index (χ0) is 38.2. The standard InChI is InChI=1S/C54H36N4/c1-4-15-35(16-5-1)36-27-29-37(30-28-36)48-34-49(56-52(55-48)38-17-6-2-7-18-38)40-31-32-42-41-21-10-11-22-43(41)54(46(42)33-40)44-23-12-13-26-50(44)58-51-45(54)24-14-25-47(51)57-53(58)39-19-8-3-9-20-39/h1-9,11-20,22-34H,10,21H2. The van der Waals surface area contributed by atoms with Gasteiger partial charge in [0.1, 0.15) is 5.82 Å². The van der Waals surface area contributed by atoms with Crippen LogP contribution in [0.4, 0.5) is 0 Å². The maximum atomic E-state index is 5.34. The summed E-state index contributed by atoms with van der Waals surface area (Å²) in [6.45, 7) is 0. The molecular formula is C54H36N4. The van der Waals surface area contributed by atoms with Crippen LogP contribution in [-0.2, 0) is 5.41 Å². The number of aromatic nitrogens is 4. The molecule has 0 fully saturated rings. The summed E-state index contributed by atoms with van der Waals surface area (Å²) in [5.74, 6) is 1.67. The van der Waals surface area contributed by atoms with Crippen LogP contribution in [0.15, 0.2) is 200 Å². The van der Waals surface area contributed by atoms with Gasteiger partial charge in [-0.1, -0.05) is 170 Å². The zero-order valence-corrected chi connectivity index (χ0v) is 31.7. The minimum absolute atomic E-state index is 0.539. The lowest BCUT2D eigenvalue weighted by molar-refractivity contribution is 0.736. The summed E-state index contributed by atoms with van der Waals surface area (Å²) in [7, 11) is 0.